The highest BCUT2D eigenvalue weighted by molar-refractivity contribution is 7.09. The summed E-state index contributed by atoms with van der Waals surface area (Å²) in [6.07, 6.45) is 5.50. The molecule has 2 rings (SSSR count). The molecule has 0 amide bonds. The van der Waals surface area contributed by atoms with Crippen LogP contribution < -0.4 is 5.32 Å². The van der Waals surface area contributed by atoms with Crippen LogP contribution in [0.2, 0.25) is 0 Å². The molecule has 21 heavy (non-hydrogen) atoms. The molecule has 0 aliphatic carbocycles. The SMILES string of the molecule is CCc1nccn1CC(C)NCCc1nc(C(=O)O)cs1. The molecule has 1 unspecified atom stereocenters. The van der Waals surface area contributed by atoms with Gasteiger partial charge in [0.05, 0.1) is 5.01 Å². The minimum Gasteiger partial charge on any atom is -0.476 e. The van der Waals surface area contributed by atoms with Crippen LogP contribution in [0.4, 0.5) is 0 Å². The highest BCUT2D eigenvalue weighted by Crippen LogP contribution is 2.10. The Balaban J connectivity index is 1.76. The first-order valence-corrected chi connectivity index (χ1v) is 7.89. The van der Waals surface area contributed by atoms with E-state index < -0.39 is 5.97 Å². The van der Waals surface area contributed by atoms with E-state index in [1.54, 1.807) is 5.38 Å². The predicted molar refractivity (Wildman–Crippen MR) is 81.8 cm³/mol. The lowest BCUT2D eigenvalue weighted by molar-refractivity contribution is 0.0691. The van der Waals surface area contributed by atoms with Gasteiger partial charge in [-0.3, -0.25) is 0 Å². The van der Waals surface area contributed by atoms with E-state index in [-0.39, 0.29) is 5.69 Å². The molecule has 0 bridgehead atoms. The van der Waals surface area contributed by atoms with Gasteiger partial charge in [0.1, 0.15) is 5.82 Å². The molecule has 1 atom stereocenters. The van der Waals surface area contributed by atoms with Crippen molar-refractivity contribution >= 4 is 17.3 Å². The molecule has 0 aliphatic heterocycles. The zero-order valence-corrected chi connectivity index (χ0v) is 13.1. The largest absolute Gasteiger partial charge is 0.476 e. The van der Waals surface area contributed by atoms with E-state index >= 15 is 0 Å². The summed E-state index contributed by atoms with van der Waals surface area (Å²) in [7, 11) is 0. The van der Waals surface area contributed by atoms with Crippen molar-refractivity contribution in [1.82, 2.24) is 19.9 Å². The van der Waals surface area contributed by atoms with Gasteiger partial charge in [0.2, 0.25) is 0 Å². The van der Waals surface area contributed by atoms with Crippen molar-refractivity contribution < 1.29 is 9.90 Å². The van der Waals surface area contributed by atoms with E-state index in [0.29, 0.717) is 6.04 Å². The Hall–Kier alpha value is -1.73. The highest BCUT2D eigenvalue weighted by atomic mass is 32.1. The van der Waals surface area contributed by atoms with Gasteiger partial charge < -0.3 is 15.0 Å². The van der Waals surface area contributed by atoms with Gasteiger partial charge in [-0.2, -0.15) is 0 Å². The molecule has 0 fully saturated rings. The molecule has 0 aromatic carbocycles. The topological polar surface area (TPSA) is 80.0 Å². The molecule has 0 aliphatic rings. The summed E-state index contributed by atoms with van der Waals surface area (Å²) in [6, 6.07) is 0.323. The summed E-state index contributed by atoms with van der Waals surface area (Å²) < 4.78 is 2.16. The Labute approximate surface area is 127 Å². The quantitative estimate of drug-likeness (QED) is 0.777. The first-order valence-electron chi connectivity index (χ1n) is 7.01. The first kappa shape index (κ1) is 15.7. The number of rotatable bonds is 8. The maximum atomic E-state index is 10.8. The Morgan fingerprint density at radius 2 is 2.38 bits per heavy atom. The number of hydrogen-bond acceptors (Lipinski definition) is 5. The van der Waals surface area contributed by atoms with Crippen molar-refractivity contribution in [3.8, 4) is 0 Å². The van der Waals surface area contributed by atoms with Gasteiger partial charge in [-0.05, 0) is 6.92 Å². The molecular formula is C14H20N4O2S. The summed E-state index contributed by atoms with van der Waals surface area (Å²) in [6.45, 7) is 5.88. The van der Waals surface area contributed by atoms with Crippen LogP contribution in [0.3, 0.4) is 0 Å². The number of thiazole rings is 1. The van der Waals surface area contributed by atoms with Crippen LogP contribution in [-0.4, -0.2) is 38.2 Å². The number of carboxylic acids is 1. The number of aromatic nitrogens is 3. The fourth-order valence-electron chi connectivity index (χ4n) is 2.13. The van der Waals surface area contributed by atoms with Crippen molar-refractivity contribution in [2.75, 3.05) is 6.54 Å². The van der Waals surface area contributed by atoms with E-state index in [4.69, 9.17) is 5.11 Å². The molecule has 6 nitrogen and oxygen atoms in total. The minimum absolute atomic E-state index is 0.133. The van der Waals surface area contributed by atoms with Crippen LogP contribution in [0.1, 0.15) is 35.2 Å². The number of carbonyl (C=O) groups is 1. The number of hydrogen-bond donors (Lipinski definition) is 2. The molecule has 0 saturated carbocycles. The van der Waals surface area contributed by atoms with Crippen molar-refractivity contribution in [3.05, 3.63) is 34.3 Å². The maximum Gasteiger partial charge on any atom is 0.355 e. The fourth-order valence-corrected chi connectivity index (χ4v) is 2.90. The Morgan fingerprint density at radius 1 is 1.57 bits per heavy atom. The zero-order valence-electron chi connectivity index (χ0n) is 12.2. The van der Waals surface area contributed by atoms with Gasteiger partial charge in [0, 0.05) is 49.7 Å². The van der Waals surface area contributed by atoms with Crippen LogP contribution in [0.5, 0.6) is 0 Å². The van der Waals surface area contributed by atoms with Crippen molar-refractivity contribution in [1.29, 1.82) is 0 Å². The van der Waals surface area contributed by atoms with Crippen LogP contribution in [-0.2, 0) is 19.4 Å². The molecule has 0 spiro atoms. The highest BCUT2D eigenvalue weighted by Gasteiger charge is 2.09. The summed E-state index contributed by atoms with van der Waals surface area (Å²) in [5, 5.41) is 14.7. The standard InChI is InChI=1S/C14H20N4O2S/c1-3-12-16-6-7-18(12)8-10(2)15-5-4-13-17-11(9-21-13)14(19)20/h6-7,9-10,15H,3-5,8H2,1-2H3,(H,19,20). The molecule has 0 saturated heterocycles. The molecule has 2 N–H and O–H groups in total. The number of nitrogens with zero attached hydrogens (tertiary/aromatic N) is 3. The van der Waals surface area contributed by atoms with E-state index in [0.717, 1.165) is 36.8 Å². The Bertz CT molecular complexity index is 593. The number of aromatic carboxylic acids is 1. The molecule has 2 aromatic heterocycles. The van der Waals surface area contributed by atoms with E-state index in [9.17, 15) is 4.79 Å². The lowest BCUT2D eigenvalue weighted by Crippen LogP contribution is -2.32. The number of imidazole rings is 1. The summed E-state index contributed by atoms with van der Waals surface area (Å²) >= 11 is 1.39. The van der Waals surface area contributed by atoms with Gasteiger partial charge in [0.25, 0.3) is 0 Å². The summed E-state index contributed by atoms with van der Waals surface area (Å²) in [4.78, 5) is 19.1. The van der Waals surface area contributed by atoms with E-state index in [1.165, 1.54) is 11.3 Å². The summed E-state index contributed by atoms with van der Waals surface area (Å²) in [5.74, 6) is 0.126. The average molecular weight is 308 g/mol. The second-order valence-corrected chi connectivity index (χ2v) is 5.83. The maximum absolute atomic E-state index is 10.8. The third-order valence-electron chi connectivity index (χ3n) is 3.19. The smallest absolute Gasteiger partial charge is 0.355 e. The van der Waals surface area contributed by atoms with Crippen LogP contribution in [0.15, 0.2) is 17.8 Å². The van der Waals surface area contributed by atoms with Crippen molar-refractivity contribution in [2.45, 2.75) is 39.3 Å². The second-order valence-electron chi connectivity index (χ2n) is 4.89. The van der Waals surface area contributed by atoms with Crippen molar-refractivity contribution in [2.24, 2.45) is 0 Å². The lowest BCUT2D eigenvalue weighted by atomic mass is 10.3. The molecule has 7 heteroatoms. The van der Waals surface area contributed by atoms with Gasteiger partial charge in [-0.15, -0.1) is 11.3 Å². The van der Waals surface area contributed by atoms with E-state index in [1.807, 2.05) is 12.4 Å². The first-order chi connectivity index (χ1) is 10.1. The van der Waals surface area contributed by atoms with Crippen LogP contribution in [0, 0.1) is 0 Å². The molecule has 114 valence electrons. The van der Waals surface area contributed by atoms with E-state index in [2.05, 4.69) is 33.7 Å². The monoisotopic (exact) mass is 308 g/mol. The van der Waals surface area contributed by atoms with Crippen LogP contribution in [0.25, 0.3) is 0 Å². The average Bonchev–Trinajstić information content (AvgIpc) is 3.07. The molecular weight excluding hydrogens is 288 g/mol. The zero-order chi connectivity index (χ0) is 15.2. The van der Waals surface area contributed by atoms with Gasteiger partial charge >= 0.3 is 5.97 Å². The predicted octanol–water partition coefficient (Wildman–Crippen LogP) is 1.82. The minimum atomic E-state index is -0.967. The third kappa shape index (κ3) is 4.37. The normalized spacial score (nSPS) is 12.5. The Morgan fingerprint density at radius 3 is 3.05 bits per heavy atom. The van der Waals surface area contributed by atoms with Gasteiger partial charge in [-0.25, -0.2) is 14.8 Å². The lowest BCUT2D eigenvalue weighted by Gasteiger charge is -2.15. The fraction of sp³-hybridized carbons (Fsp3) is 0.500. The van der Waals surface area contributed by atoms with Gasteiger partial charge in [0.15, 0.2) is 5.69 Å². The number of aryl methyl sites for hydroxylation is 1. The third-order valence-corrected chi connectivity index (χ3v) is 4.10. The van der Waals surface area contributed by atoms with Gasteiger partial charge in [-0.1, -0.05) is 6.92 Å². The number of carboxylic acid groups (broad SMARTS) is 1. The second kappa shape index (κ2) is 7.33. The number of nitrogens with one attached hydrogen (secondary N) is 1. The van der Waals surface area contributed by atoms with Crippen molar-refractivity contribution in [3.63, 3.8) is 0 Å². The summed E-state index contributed by atoms with van der Waals surface area (Å²) in [5.41, 5.74) is 0.133. The molecule has 2 aromatic rings. The molecule has 2 heterocycles. The van der Waals surface area contributed by atoms with Crippen LogP contribution >= 0.6 is 11.3 Å². The Kier molecular flexibility index (Phi) is 5.46. The molecule has 0 radical (unpaired) electrons.